The van der Waals surface area contributed by atoms with Crippen molar-refractivity contribution in [3.05, 3.63) is 117 Å². The van der Waals surface area contributed by atoms with Crippen molar-refractivity contribution in [1.82, 2.24) is 25.1 Å². The molecular weight excluding hydrogens is 581 g/mol. The highest BCUT2D eigenvalue weighted by molar-refractivity contribution is 7.99. The number of thioether (sulfide) groups is 1. The van der Waals surface area contributed by atoms with Crippen LogP contribution in [-0.2, 0) is 11.3 Å². The van der Waals surface area contributed by atoms with Crippen LogP contribution in [0.5, 0.6) is 0 Å². The summed E-state index contributed by atoms with van der Waals surface area (Å²) in [6, 6.07) is 21.4. The van der Waals surface area contributed by atoms with E-state index < -0.39 is 0 Å². The van der Waals surface area contributed by atoms with Gasteiger partial charge in [0, 0.05) is 6.42 Å². The second-order valence-corrected chi connectivity index (χ2v) is 12.2. The first-order chi connectivity index (χ1) is 20.9. The van der Waals surface area contributed by atoms with E-state index in [0.29, 0.717) is 17.4 Å². The maximum atomic E-state index is 13.8. The maximum absolute atomic E-state index is 13.8. The largest absolute Gasteiger partial charge is 0.459 e. The lowest BCUT2D eigenvalue weighted by molar-refractivity contribution is -0.130. The molecule has 1 aliphatic rings. The lowest BCUT2D eigenvalue weighted by Crippen LogP contribution is -2.28. The van der Waals surface area contributed by atoms with Crippen LogP contribution in [0.15, 0.2) is 93.0 Å². The number of furan rings is 1. The van der Waals surface area contributed by atoms with Crippen molar-refractivity contribution >= 4 is 40.6 Å². The van der Waals surface area contributed by atoms with Crippen molar-refractivity contribution in [2.45, 2.75) is 44.9 Å². The van der Waals surface area contributed by atoms with Crippen LogP contribution in [0.1, 0.15) is 56.0 Å². The molecule has 1 aliphatic heterocycles. The highest BCUT2D eigenvalue weighted by atomic mass is 32.2. The predicted octanol–water partition coefficient (Wildman–Crippen LogP) is 6.25. The summed E-state index contributed by atoms with van der Waals surface area (Å²) >= 11 is 2.93. The van der Waals surface area contributed by atoms with Gasteiger partial charge in [0.25, 0.3) is 11.8 Å². The molecule has 0 spiro atoms. The standard InChI is InChI=1S/C32H30N6O3S2/c1-20-11-13-23(14-12-20)26-17-24(28-10-6-16-42-28)36-38(26)30(39)19-43-32-35-34-29(18-33-31(40)27-9-5-15-41-27)37(32)25-8-4-7-21(2)22(25)3/h4-16,26H,17-19H2,1-3H3,(H,33,40). The Labute approximate surface area is 257 Å². The molecule has 0 fully saturated rings. The van der Waals surface area contributed by atoms with E-state index in [1.165, 1.54) is 18.0 Å². The summed E-state index contributed by atoms with van der Waals surface area (Å²) in [5.74, 6) is 0.408. The number of hydrazone groups is 1. The summed E-state index contributed by atoms with van der Waals surface area (Å²) in [4.78, 5) is 27.4. The second kappa shape index (κ2) is 12.4. The Hall–Kier alpha value is -4.48. The Morgan fingerprint density at radius 1 is 1.02 bits per heavy atom. The van der Waals surface area contributed by atoms with Crippen molar-refractivity contribution < 1.29 is 14.0 Å². The Morgan fingerprint density at radius 3 is 2.60 bits per heavy atom. The van der Waals surface area contributed by atoms with Crippen LogP contribution < -0.4 is 5.32 Å². The predicted molar refractivity (Wildman–Crippen MR) is 168 cm³/mol. The van der Waals surface area contributed by atoms with Gasteiger partial charge in [0.05, 0.1) is 40.9 Å². The fourth-order valence-corrected chi connectivity index (χ4v) is 6.49. The molecule has 43 heavy (non-hydrogen) atoms. The van der Waals surface area contributed by atoms with Crippen LogP contribution in [-0.4, -0.2) is 43.1 Å². The van der Waals surface area contributed by atoms with E-state index in [1.54, 1.807) is 28.5 Å². The van der Waals surface area contributed by atoms with Crippen molar-refractivity contribution in [2.75, 3.05) is 5.75 Å². The molecule has 2 aromatic carbocycles. The number of carbonyl (C=O) groups is 2. The molecule has 0 aliphatic carbocycles. The van der Waals surface area contributed by atoms with Gasteiger partial charge in [-0.2, -0.15) is 5.10 Å². The number of rotatable bonds is 9. The molecule has 11 heteroatoms. The van der Waals surface area contributed by atoms with Gasteiger partial charge >= 0.3 is 0 Å². The van der Waals surface area contributed by atoms with E-state index in [4.69, 9.17) is 9.52 Å². The van der Waals surface area contributed by atoms with Crippen LogP contribution >= 0.6 is 23.1 Å². The number of hydrogen-bond acceptors (Lipinski definition) is 8. The van der Waals surface area contributed by atoms with Gasteiger partial charge in [-0.05, 0) is 67.1 Å². The third-order valence-electron chi connectivity index (χ3n) is 7.43. The normalized spacial score (nSPS) is 14.6. The van der Waals surface area contributed by atoms with E-state index in [0.717, 1.165) is 38.5 Å². The van der Waals surface area contributed by atoms with Crippen LogP contribution in [0, 0.1) is 20.8 Å². The molecule has 1 unspecified atom stereocenters. The lowest BCUT2D eigenvalue weighted by Gasteiger charge is -2.22. The number of benzene rings is 2. The average Bonchev–Trinajstić information content (AvgIpc) is 3.83. The summed E-state index contributed by atoms with van der Waals surface area (Å²) in [5.41, 5.74) is 6.17. The van der Waals surface area contributed by atoms with E-state index in [1.807, 2.05) is 61.1 Å². The van der Waals surface area contributed by atoms with Gasteiger partial charge in [-0.25, -0.2) is 5.01 Å². The van der Waals surface area contributed by atoms with Crippen molar-refractivity contribution in [3.63, 3.8) is 0 Å². The average molecular weight is 611 g/mol. The van der Waals surface area contributed by atoms with Gasteiger partial charge in [-0.1, -0.05) is 59.8 Å². The maximum Gasteiger partial charge on any atom is 0.287 e. The number of carbonyl (C=O) groups excluding carboxylic acids is 2. The van der Waals surface area contributed by atoms with E-state index in [2.05, 4.69) is 39.8 Å². The fourth-order valence-electron chi connectivity index (χ4n) is 4.95. The number of aryl methyl sites for hydroxylation is 2. The molecule has 6 rings (SSSR count). The number of thiophene rings is 1. The van der Waals surface area contributed by atoms with Gasteiger partial charge < -0.3 is 9.73 Å². The zero-order valence-electron chi connectivity index (χ0n) is 24.0. The molecule has 9 nitrogen and oxygen atoms in total. The Balaban J connectivity index is 1.26. The first-order valence-corrected chi connectivity index (χ1v) is 15.7. The molecule has 2 amide bonds. The summed E-state index contributed by atoms with van der Waals surface area (Å²) in [7, 11) is 0. The molecule has 0 bridgehead atoms. The van der Waals surface area contributed by atoms with E-state index in [-0.39, 0.29) is 35.9 Å². The summed E-state index contributed by atoms with van der Waals surface area (Å²) in [5, 5.41) is 20.7. The highest BCUT2D eigenvalue weighted by Crippen LogP contribution is 2.35. The zero-order chi connectivity index (χ0) is 29.9. The minimum absolute atomic E-state index is 0.116. The Kier molecular flexibility index (Phi) is 8.26. The second-order valence-electron chi connectivity index (χ2n) is 10.3. The lowest BCUT2D eigenvalue weighted by atomic mass is 10.00. The molecule has 218 valence electrons. The van der Waals surface area contributed by atoms with Crippen molar-refractivity contribution in [1.29, 1.82) is 0 Å². The van der Waals surface area contributed by atoms with Crippen LogP contribution in [0.4, 0.5) is 0 Å². The number of aromatic nitrogens is 3. The third-order valence-corrected chi connectivity index (χ3v) is 9.26. The topological polar surface area (TPSA) is 106 Å². The first-order valence-electron chi connectivity index (χ1n) is 13.8. The molecule has 1 atom stereocenters. The van der Waals surface area contributed by atoms with Crippen LogP contribution in [0.25, 0.3) is 5.69 Å². The Bertz CT molecular complexity index is 1780. The molecule has 3 aromatic heterocycles. The van der Waals surface area contributed by atoms with Crippen molar-refractivity contribution in [3.8, 4) is 5.69 Å². The highest BCUT2D eigenvalue weighted by Gasteiger charge is 2.33. The van der Waals surface area contributed by atoms with Gasteiger partial charge in [0.2, 0.25) is 0 Å². The van der Waals surface area contributed by atoms with Gasteiger partial charge in [0.1, 0.15) is 0 Å². The summed E-state index contributed by atoms with van der Waals surface area (Å²) < 4.78 is 7.13. The van der Waals surface area contributed by atoms with Crippen LogP contribution in [0.2, 0.25) is 0 Å². The van der Waals surface area contributed by atoms with Crippen molar-refractivity contribution in [2.24, 2.45) is 5.10 Å². The zero-order valence-corrected chi connectivity index (χ0v) is 25.6. The molecular formula is C32H30N6O3S2. The molecule has 0 saturated carbocycles. The molecule has 4 heterocycles. The summed E-state index contributed by atoms with van der Waals surface area (Å²) in [6.07, 6.45) is 2.11. The first kappa shape index (κ1) is 28.6. The Morgan fingerprint density at radius 2 is 1.86 bits per heavy atom. The SMILES string of the molecule is Cc1ccc(C2CC(c3cccs3)=NN2C(=O)CSc2nnc(CNC(=O)c3ccco3)n2-c2cccc(C)c2C)cc1. The van der Waals surface area contributed by atoms with Gasteiger partial charge in [0.15, 0.2) is 16.7 Å². The number of nitrogens with one attached hydrogen (secondary N) is 1. The van der Waals surface area contributed by atoms with E-state index in [9.17, 15) is 9.59 Å². The third kappa shape index (κ3) is 6.04. The quantitative estimate of drug-likeness (QED) is 0.198. The van der Waals surface area contributed by atoms with Gasteiger partial charge in [-0.15, -0.1) is 21.5 Å². The fraction of sp³-hybridized carbons (Fsp3) is 0.219. The smallest absolute Gasteiger partial charge is 0.287 e. The molecule has 0 saturated heterocycles. The van der Waals surface area contributed by atoms with E-state index >= 15 is 0 Å². The minimum atomic E-state index is -0.347. The van der Waals surface area contributed by atoms with Crippen LogP contribution in [0.3, 0.4) is 0 Å². The number of hydrogen-bond donors (Lipinski definition) is 1. The minimum Gasteiger partial charge on any atom is -0.459 e. The molecule has 1 N–H and O–H groups in total. The van der Waals surface area contributed by atoms with Gasteiger partial charge in [-0.3, -0.25) is 14.2 Å². The summed E-state index contributed by atoms with van der Waals surface area (Å²) in [6.45, 7) is 6.26. The number of nitrogens with zero attached hydrogens (tertiary/aromatic N) is 5. The molecule has 5 aromatic rings. The monoisotopic (exact) mass is 610 g/mol. The number of amides is 2. The molecule has 0 radical (unpaired) electrons.